The number of ether oxygens (including phenoxy) is 1. The van der Waals surface area contributed by atoms with Gasteiger partial charge in [-0.05, 0) is 13.0 Å². The third kappa shape index (κ3) is 3.03. The SMILES string of the molecule is NC(=O)OCCNC(=O)C1(C(F)(F)F)CCNC1. The summed E-state index contributed by atoms with van der Waals surface area (Å²) < 4.78 is 43.0. The van der Waals surface area contributed by atoms with E-state index < -0.39 is 30.1 Å². The number of nitrogens with two attached hydrogens (primary N) is 1. The number of carbonyl (C=O) groups is 2. The Hall–Kier alpha value is -1.51. The molecule has 1 unspecified atom stereocenters. The summed E-state index contributed by atoms with van der Waals surface area (Å²) in [5.74, 6) is -1.12. The van der Waals surface area contributed by atoms with Crippen molar-refractivity contribution in [2.24, 2.45) is 11.1 Å². The van der Waals surface area contributed by atoms with Gasteiger partial charge in [0.05, 0.1) is 6.54 Å². The first-order valence-electron chi connectivity index (χ1n) is 5.27. The molecule has 2 amide bonds. The highest BCUT2D eigenvalue weighted by Gasteiger charge is 2.61. The molecule has 1 aliphatic heterocycles. The number of alkyl halides is 3. The molecule has 0 bridgehead atoms. The molecule has 104 valence electrons. The number of primary amides is 1. The molecule has 1 rings (SSSR count). The lowest BCUT2D eigenvalue weighted by Crippen LogP contribution is -2.52. The summed E-state index contributed by atoms with van der Waals surface area (Å²) in [6, 6.07) is 0. The summed E-state index contributed by atoms with van der Waals surface area (Å²) in [6.45, 7) is -0.786. The zero-order valence-electron chi connectivity index (χ0n) is 9.47. The number of hydrogen-bond donors (Lipinski definition) is 3. The highest BCUT2D eigenvalue weighted by molar-refractivity contribution is 5.84. The van der Waals surface area contributed by atoms with Crippen molar-refractivity contribution in [3.63, 3.8) is 0 Å². The van der Waals surface area contributed by atoms with Crippen LogP contribution in [0.2, 0.25) is 0 Å². The molecule has 1 aliphatic rings. The molecule has 1 atom stereocenters. The molecule has 0 aromatic heterocycles. The van der Waals surface area contributed by atoms with E-state index in [0.29, 0.717) is 0 Å². The van der Waals surface area contributed by atoms with Gasteiger partial charge < -0.3 is 21.1 Å². The van der Waals surface area contributed by atoms with Gasteiger partial charge in [0, 0.05) is 6.54 Å². The predicted octanol–water partition coefficient (Wildman–Crippen LogP) is -0.260. The molecule has 0 aromatic rings. The van der Waals surface area contributed by atoms with Crippen molar-refractivity contribution in [2.45, 2.75) is 12.6 Å². The Labute approximate surface area is 101 Å². The van der Waals surface area contributed by atoms with Crippen LogP contribution >= 0.6 is 0 Å². The number of carbonyl (C=O) groups excluding carboxylic acids is 2. The fraction of sp³-hybridized carbons (Fsp3) is 0.778. The molecule has 9 heteroatoms. The Morgan fingerprint density at radius 1 is 1.44 bits per heavy atom. The summed E-state index contributed by atoms with van der Waals surface area (Å²) in [5, 5.41) is 4.62. The summed E-state index contributed by atoms with van der Waals surface area (Å²) in [6.07, 6.45) is -5.97. The average molecular weight is 269 g/mol. The van der Waals surface area contributed by atoms with Gasteiger partial charge in [-0.15, -0.1) is 0 Å². The van der Waals surface area contributed by atoms with Crippen LogP contribution < -0.4 is 16.4 Å². The monoisotopic (exact) mass is 269 g/mol. The first-order chi connectivity index (χ1) is 8.29. The quantitative estimate of drug-likeness (QED) is 0.613. The van der Waals surface area contributed by atoms with E-state index in [2.05, 4.69) is 21.1 Å². The minimum Gasteiger partial charge on any atom is -0.448 e. The second kappa shape index (κ2) is 5.42. The second-order valence-electron chi connectivity index (χ2n) is 3.93. The van der Waals surface area contributed by atoms with Crippen molar-refractivity contribution in [3.05, 3.63) is 0 Å². The molecule has 0 spiro atoms. The van der Waals surface area contributed by atoms with Crippen LogP contribution in [0, 0.1) is 5.41 Å². The first kappa shape index (κ1) is 14.6. The Balaban J connectivity index is 2.54. The maximum atomic E-state index is 12.9. The lowest BCUT2D eigenvalue weighted by Gasteiger charge is -2.29. The van der Waals surface area contributed by atoms with Crippen molar-refractivity contribution >= 4 is 12.0 Å². The highest BCUT2D eigenvalue weighted by atomic mass is 19.4. The zero-order valence-corrected chi connectivity index (χ0v) is 9.47. The molecule has 0 radical (unpaired) electrons. The van der Waals surface area contributed by atoms with Crippen LogP contribution in [0.3, 0.4) is 0 Å². The average Bonchev–Trinajstić information content (AvgIpc) is 2.73. The number of amides is 2. The van der Waals surface area contributed by atoms with Crippen molar-refractivity contribution in [1.29, 1.82) is 0 Å². The van der Waals surface area contributed by atoms with E-state index in [1.165, 1.54) is 0 Å². The number of rotatable bonds is 4. The number of hydrogen-bond acceptors (Lipinski definition) is 4. The molecule has 0 aromatic carbocycles. The Morgan fingerprint density at radius 2 is 2.11 bits per heavy atom. The van der Waals surface area contributed by atoms with Crippen LogP contribution in [-0.4, -0.2) is 44.4 Å². The minimum atomic E-state index is -4.62. The smallest absolute Gasteiger partial charge is 0.404 e. The van der Waals surface area contributed by atoms with Crippen LogP contribution in [0.25, 0.3) is 0 Å². The van der Waals surface area contributed by atoms with E-state index in [-0.39, 0.29) is 26.1 Å². The largest absolute Gasteiger partial charge is 0.448 e. The van der Waals surface area contributed by atoms with Crippen LogP contribution in [-0.2, 0) is 9.53 Å². The first-order valence-corrected chi connectivity index (χ1v) is 5.27. The van der Waals surface area contributed by atoms with Gasteiger partial charge in [0.2, 0.25) is 5.91 Å². The van der Waals surface area contributed by atoms with Crippen molar-refractivity contribution in [3.8, 4) is 0 Å². The van der Waals surface area contributed by atoms with Crippen molar-refractivity contribution in [1.82, 2.24) is 10.6 Å². The van der Waals surface area contributed by atoms with Crippen LogP contribution in [0.1, 0.15) is 6.42 Å². The lowest BCUT2D eigenvalue weighted by atomic mass is 9.85. The van der Waals surface area contributed by atoms with Crippen LogP contribution in [0.5, 0.6) is 0 Å². The number of nitrogens with one attached hydrogen (secondary N) is 2. The third-order valence-corrected chi connectivity index (χ3v) is 2.76. The fourth-order valence-electron chi connectivity index (χ4n) is 1.74. The van der Waals surface area contributed by atoms with Gasteiger partial charge in [0.15, 0.2) is 5.41 Å². The Bertz CT molecular complexity index is 327. The Morgan fingerprint density at radius 3 is 2.56 bits per heavy atom. The van der Waals surface area contributed by atoms with Crippen molar-refractivity contribution < 1.29 is 27.5 Å². The molecule has 1 saturated heterocycles. The molecule has 6 nitrogen and oxygen atoms in total. The summed E-state index contributed by atoms with van der Waals surface area (Å²) in [5.41, 5.74) is 2.26. The molecule has 1 heterocycles. The normalized spacial score (nSPS) is 23.7. The molecule has 0 aliphatic carbocycles. The standard InChI is InChI=1S/C9H14F3N3O3/c10-9(11,12)8(1-2-14-5-8)6(16)15-3-4-18-7(13)17/h14H,1-5H2,(H2,13,17)(H,15,16). The summed E-state index contributed by atoms with van der Waals surface area (Å²) in [7, 11) is 0. The van der Waals surface area contributed by atoms with Gasteiger partial charge in [-0.1, -0.05) is 0 Å². The van der Waals surface area contributed by atoms with E-state index in [1.807, 2.05) is 0 Å². The van der Waals surface area contributed by atoms with Gasteiger partial charge in [-0.2, -0.15) is 13.2 Å². The summed E-state index contributed by atoms with van der Waals surface area (Å²) >= 11 is 0. The van der Waals surface area contributed by atoms with Crippen LogP contribution in [0.15, 0.2) is 0 Å². The van der Waals surface area contributed by atoms with Crippen LogP contribution in [0.4, 0.5) is 18.0 Å². The fourth-order valence-corrected chi connectivity index (χ4v) is 1.74. The molecular weight excluding hydrogens is 255 g/mol. The molecule has 4 N–H and O–H groups in total. The summed E-state index contributed by atoms with van der Waals surface area (Å²) in [4.78, 5) is 21.8. The van der Waals surface area contributed by atoms with Gasteiger partial charge in [0.1, 0.15) is 6.61 Å². The van der Waals surface area contributed by atoms with Gasteiger partial charge in [-0.25, -0.2) is 4.79 Å². The number of halogens is 3. The topological polar surface area (TPSA) is 93.5 Å². The molecule has 1 fully saturated rings. The van der Waals surface area contributed by atoms with Crippen molar-refractivity contribution in [2.75, 3.05) is 26.2 Å². The van der Waals surface area contributed by atoms with E-state index in [9.17, 15) is 22.8 Å². The van der Waals surface area contributed by atoms with Gasteiger partial charge in [0.25, 0.3) is 0 Å². The molecular formula is C9H14F3N3O3. The van der Waals surface area contributed by atoms with E-state index in [4.69, 9.17) is 0 Å². The second-order valence-corrected chi connectivity index (χ2v) is 3.93. The van der Waals surface area contributed by atoms with Gasteiger partial charge >= 0.3 is 12.3 Å². The van der Waals surface area contributed by atoms with E-state index >= 15 is 0 Å². The predicted molar refractivity (Wildman–Crippen MR) is 54.5 cm³/mol. The highest BCUT2D eigenvalue weighted by Crippen LogP contribution is 2.43. The molecule has 18 heavy (non-hydrogen) atoms. The molecule has 0 saturated carbocycles. The minimum absolute atomic E-state index is 0.130. The maximum absolute atomic E-state index is 12.9. The van der Waals surface area contributed by atoms with Gasteiger partial charge in [-0.3, -0.25) is 4.79 Å². The lowest BCUT2D eigenvalue weighted by molar-refractivity contribution is -0.216. The third-order valence-electron chi connectivity index (χ3n) is 2.76. The maximum Gasteiger partial charge on any atom is 0.404 e. The van der Waals surface area contributed by atoms with E-state index in [0.717, 1.165) is 0 Å². The van der Waals surface area contributed by atoms with E-state index in [1.54, 1.807) is 0 Å². The Kier molecular flexibility index (Phi) is 4.38. The zero-order chi connectivity index (χ0) is 13.8.